The van der Waals surface area contributed by atoms with E-state index in [9.17, 15) is 5.26 Å². The molecule has 0 atom stereocenters. The molecule has 0 unspecified atom stereocenters. The summed E-state index contributed by atoms with van der Waals surface area (Å²) in [7, 11) is 0. The molecule has 24 heavy (non-hydrogen) atoms. The highest BCUT2D eigenvalue weighted by Gasteiger charge is 2.23. The summed E-state index contributed by atoms with van der Waals surface area (Å²) in [4.78, 5) is 4.55. The standard InChI is InChI=1S/C16H15ClN6S/c1-16(2,3)14-21-22-15(23(14)19)24-13-6-9(8-18)11-7-10(17)4-5-12(11)20-13/h4-7H,19H2,1-3H3. The first-order chi connectivity index (χ1) is 11.3. The van der Waals surface area contributed by atoms with Crippen LogP contribution in [0.4, 0.5) is 0 Å². The number of rotatable bonds is 2. The Kier molecular flexibility index (Phi) is 4.11. The maximum atomic E-state index is 9.39. The van der Waals surface area contributed by atoms with E-state index in [1.807, 2.05) is 20.8 Å². The molecule has 0 saturated carbocycles. The van der Waals surface area contributed by atoms with Gasteiger partial charge in [0.1, 0.15) is 5.03 Å². The van der Waals surface area contributed by atoms with Gasteiger partial charge < -0.3 is 5.84 Å². The Morgan fingerprint density at radius 2 is 2.00 bits per heavy atom. The van der Waals surface area contributed by atoms with E-state index in [0.717, 1.165) is 5.39 Å². The number of nitrogens with zero attached hydrogens (tertiary/aromatic N) is 5. The van der Waals surface area contributed by atoms with Crippen molar-refractivity contribution in [2.24, 2.45) is 0 Å². The molecule has 0 aliphatic carbocycles. The summed E-state index contributed by atoms with van der Waals surface area (Å²) in [6.07, 6.45) is 0. The molecule has 2 heterocycles. The third-order valence-corrected chi connectivity index (χ3v) is 4.51. The van der Waals surface area contributed by atoms with Crippen molar-refractivity contribution in [3.05, 3.63) is 40.7 Å². The summed E-state index contributed by atoms with van der Waals surface area (Å²) in [6, 6.07) is 9.15. The summed E-state index contributed by atoms with van der Waals surface area (Å²) < 4.78 is 1.46. The van der Waals surface area contributed by atoms with E-state index in [1.54, 1.807) is 24.3 Å². The number of fused-ring (bicyclic) bond motifs is 1. The van der Waals surface area contributed by atoms with E-state index in [1.165, 1.54) is 16.4 Å². The van der Waals surface area contributed by atoms with Crippen molar-refractivity contribution in [1.29, 1.82) is 5.26 Å². The van der Waals surface area contributed by atoms with E-state index in [-0.39, 0.29) is 5.41 Å². The number of halogens is 1. The van der Waals surface area contributed by atoms with E-state index >= 15 is 0 Å². The van der Waals surface area contributed by atoms with Gasteiger partial charge in [-0.3, -0.25) is 0 Å². The summed E-state index contributed by atoms with van der Waals surface area (Å²) in [5, 5.41) is 20.1. The third-order valence-electron chi connectivity index (χ3n) is 3.40. The van der Waals surface area contributed by atoms with Crippen molar-refractivity contribution >= 4 is 34.3 Å². The SMILES string of the molecule is CC(C)(C)c1nnc(Sc2cc(C#N)c3cc(Cl)ccc3n2)n1N. The molecule has 2 N–H and O–H groups in total. The average Bonchev–Trinajstić information content (AvgIpc) is 2.88. The topological polar surface area (TPSA) is 93.4 Å². The van der Waals surface area contributed by atoms with Crippen molar-refractivity contribution in [1.82, 2.24) is 19.9 Å². The highest BCUT2D eigenvalue weighted by atomic mass is 35.5. The lowest BCUT2D eigenvalue weighted by Crippen LogP contribution is -2.24. The zero-order chi connectivity index (χ0) is 17.5. The van der Waals surface area contributed by atoms with Crippen LogP contribution in [-0.2, 0) is 5.41 Å². The summed E-state index contributed by atoms with van der Waals surface area (Å²) in [6.45, 7) is 6.04. The number of nitriles is 1. The van der Waals surface area contributed by atoms with Gasteiger partial charge in [-0.1, -0.05) is 32.4 Å². The van der Waals surface area contributed by atoms with Crippen molar-refractivity contribution in [3.8, 4) is 6.07 Å². The van der Waals surface area contributed by atoms with Crippen LogP contribution in [-0.4, -0.2) is 19.9 Å². The minimum Gasteiger partial charge on any atom is -0.336 e. The maximum absolute atomic E-state index is 9.39. The van der Waals surface area contributed by atoms with Gasteiger partial charge in [0.25, 0.3) is 0 Å². The van der Waals surface area contributed by atoms with Crippen molar-refractivity contribution in [2.75, 3.05) is 5.84 Å². The largest absolute Gasteiger partial charge is 0.336 e. The Hall–Kier alpha value is -2.30. The molecule has 0 amide bonds. The molecule has 6 nitrogen and oxygen atoms in total. The number of aromatic nitrogens is 4. The van der Waals surface area contributed by atoms with Crippen LogP contribution in [0.1, 0.15) is 32.2 Å². The predicted molar refractivity (Wildman–Crippen MR) is 94.5 cm³/mol. The van der Waals surface area contributed by atoms with Gasteiger partial charge in [0.15, 0.2) is 5.82 Å². The molecule has 0 bridgehead atoms. The van der Waals surface area contributed by atoms with Crippen LogP contribution in [0.3, 0.4) is 0 Å². The lowest BCUT2D eigenvalue weighted by molar-refractivity contribution is 0.523. The molecule has 3 rings (SSSR count). The molecule has 0 aliphatic heterocycles. The molecule has 122 valence electrons. The average molecular weight is 359 g/mol. The Bertz CT molecular complexity index is 967. The Balaban J connectivity index is 2.04. The maximum Gasteiger partial charge on any atom is 0.216 e. The monoisotopic (exact) mass is 358 g/mol. The highest BCUT2D eigenvalue weighted by Crippen LogP contribution is 2.31. The van der Waals surface area contributed by atoms with Gasteiger partial charge in [-0.2, -0.15) is 5.26 Å². The Morgan fingerprint density at radius 1 is 1.25 bits per heavy atom. The van der Waals surface area contributed by atoms with E-state index < -0.39 is 0 Å². The fraction of sp³-hybridized carbons (Fsp3) is 0.250. The van der Waals surface area contributed by atoms with Gasteiger partial charge in [-0.15, -0.1) is 10.2 Å². The lowest BCUT2D eigenvalue weighted by atomic mass is 9.96. The van der Waals surface area contributed by atoms with Gasteiger partial charge in [0.2, 0.25) is 5.16 Å². The van der Waals surface area contributed by atoms with E-state index in [4.69, 9.17) is 17.4 Å². The number of nitrogens with two attached hydrogens (primary N) is 1. The van der Waals surface area contributed by atoms with Crippen LogP contribution < -0.4 is 5.84 Å². The smallest absolute Gasteiger partial charge is 0.216 e. The molecule has 0 aliphatic rings. The second-order valence-corrected chi connectivity index (χ2v) is 7.73. The fourth-order valence-corrected chi connectivity index (χ4v) is 3.22. The first-order valence-electron chi connectivity index (χ1n) is 7.19. The molecule has 0 fully saturated rings. The van der Waals surface area contributed by atoms with Gasteiger partial charge in [0.05, 0.1) is 17.1 Å². The molecule has 3 aromatic rings. The third kappa shape index (κ3) is 3.03. The van der Waals surface area contributed by atoms with Crippen molar-refractivity contribution < 1.29 is 0 Å². The van der Waals surface area contributed by atoms with Crippen molar-refractivity contribution in [2.45, 2.75) is 36.4 Å². The first kappa shape index (κ1) is 16.6. The number of hydrogen-bond donors (Lipinski definition) is 1. The number of nitrogen functional groups attached to an aromatic ring is 1. The molecule has 1 aromatic carbocycles. The van der Waals surface area contributed by atoms with Crippen LogP contribution in [0.5, 0.6) is 0 Å². The van der Waals surface area contributed by atoms with Crippen LogP contribution in [0.15, 0.2) is 34.4 Å². The number of hydrogen-bond acceptors (Lipinski definition) is 6. The van der Waals surface area contributed by atoms with Gasteiger partial charge in [0, 0.05) is 15.8 Å². The number of benzene rings is 1. The normalized spacial score (nSPS) is 11.6. The minimum atomic E-state index is -0.216. The first-order valence-corrected chi connectivity index (χ1v) is 8.38. The van der Waals surface area contributed by atoms with Crippen LogP contribution in [0, 0.1) is 11.3 Å². The molecular formula is C16H15ClN6S. The zero-order valence-electron chi connectivity index (χ0n) is 13.4. The van der Waals surface area contributed by atoms with Crippen LogP contribution in [0.2, 0.25) is 5.02 Å². The van der Waals surface area contributed by atoms with Crippen LogP contribution in [0.25, 0.3) is 10.9 Å². The zero-order valence-corrected chi connectivity index (χ0v) is 15.0. The van der Waals surface area contributed by atoms with Gasteiger partial charge >= 0.3 is 0 Å². The molecule has 8 heteroatoms. The Labute approximate surface area is 148 Å². The molecule has 0 saturated heterocycles. The molecule has 0 spiro atoms. The van der Waals surface area contributed by atoms with Gasteiger partial charge in [-0.05, 0) is 36.0 Å². The van der Waals surface area contributed by atoms with Gasteiger partial charge in [-0.25, -0.2) is 9.66 Å². The number of pyridine rings is 1. The quantitative estimate of drug-likeness (QED) is 0.704. The second-order valence-electron chi connectivity index (χ2n) is 6.31. The highest BCUT2D eigenvalue weighted by molar-refractivity contribution is 7.99. The summed E-state index contributed by atoms with van der Waals surface area (Å²) in [5.41, 5.74) is 0.982. The second kappa shape index (κ2) is 5.96. The fourth-order valence-electron chi connectivity index (χ4n) is 2.27. The molecular weight excluding hydrogens is 344 g/mol. The van der Waals surface area contributed by atoms with E-state index in [0.29, 0.717) is 32.1 Å². The summed E-state index contributed by atoms with van der Waals surface area (Å²) in [5.74, 6) is 6.78. The Morgan fingerprint density at radius 3 is 2.62 bits per heavy atom. The molecule has 2 aromatic heterocycles. The van der Waals surface area contributed by atoms with Crippen LogP contribution >= 0.6 is 23.4 Å². The lowest BCUT2D eigenvalue weighted by Gasteiger charge is -2.16. The summed E-state index contributed by atoms with van der Waals surface area (Å²) >= 11 is 7.27. The predicted octanol–water partition coefficient (Wildman–Crippen LogP) is 3.51. The minimum absolute atomic E-state index is 0.216. The molecule has 0 radical (unpaired) electrons. The van der Waals surface area contributed by atoms with Crippen molar-refractivity contribution in [3.63, 3.8) is 0 Å². The van der Waals surface area contributed by atoms with E-state index in [2.05, 4.69) is 21.3 Å².